The van der Waals surface area contributed by atoms with E-state index in [9.17, 15) is 13.2 Å². The van der Waals surface area contributed by atoms with Crippen LogP contribution in [-0.2, 0) is 20.4 Å². The first kappa shape index (κ1) is 16.2. The molecular formula is C17H19NO3S. The van der Waals surface area contributed by atoms with Crippen molar-refractivity contribution in [3.63, 3.8) is 0 Å². The Balaban J connectivity index is 2.04. The molecule has 0 saturated heterocycles. The van der Waals surface area contributed by atoms with Gasteiger partial charge in [0.1, 0.15) is 5.75 Å². The molecule has 0 fully saturated rings. The van der Waals surface area contributed by atoms with Crippen molar-refractivity contribution in [2.24, 2.45) is 0 Å². The van der Waals surface area contributed by atoms with Crippen LogP contribution in [0.1, 0.15) is 16.7 Å². The molecular weight excluding hydrogens is 298 g/mol. The van der Waals surface area contributed by atoms with Crippen molar-refractivity contribution >= 4 is 21.4 Å². The summed E-state index contributed by atoms with van der Waals surface area (Å²) in [6.07, 6.45) is 0. The minimum atomic E-state index is -3.50. The van der Waals surface area contributed by atoms with Gasteiger partial charge in [-0.25, -0.2) is 8.42 Å². The lowest BCUT2D eigenvalue weighted by Crippen LogP contribution is -2.24. The van der Waals surface area contributed by atoms with Crippen LogP contribution in [0.15, 0.2) is 48.5 Å². The number of para-hydroxylation sites is 1. The SMILES string of the molecule is Cc1ccccc1CS(=O)(=O)CC(=O)Nc1ccccc1C. The maximum Gasteiger partial charge on any atom is 0.239 e. The molecule has 2 rings (SSSR count). The summed E-state index contributed by atoms with van der Waals surface area (Å²) in [4.78, 5) is 12.0. The van der Waals surface area contributed by atoms with Crippen LogP contribution < -0.4 is 5.32 Å². The Kier molecular flexibility index (Phi) is 4.98. The lowest BCUT2D eigenvalue weighted by Gasteiger charge is -2.09. The number of carbonyl (C=O) groups is 1. The Morgan fingerprint density at radius 1 is 0.955 bits per heavy atom. The summed E-state index contributed by atoms with van der Waals surface area (Å²) < 4.78 is 24.4. The number of hydrogen-bond acceptors (Lipinski definition) is 3. The van der Waals surface area contributed by atoms with Gasteiger partial charge in [-0.1, -0.05) is 42.5 Å². The van der Waals surface area contributed by atoms with E-state index in [1.165, 1.54) is 0 Å². The summed E-state index contributed by atoms with van der Waals surface area (Å²) in [6.45, 7) is 3.72. The van der Waals surface area contributed by atoms with E-state index in [1.54, 1.807) is 24.3 Å². The molecule has 0 aliphatic heterocycles. The molecule has 0 aliphatic rings. The molecule has 0 saturated carbocycles. The van der Waals surface area contributed by atoms with Gasteiger partial charge in [-0.3, -0.25) is 4.79 Å². The second kappa shape index (κ2) is 6.75. The number of nitrogens with one attached hydrogen (secondary N) is 1. The van der Waals surface area contributed by atoms with E-state index in [-0.39, 0.29) is 5.75 Å². The highest BCUT2D eigenvalue weighted by molar-refractivity contribution is 7.91. The van der Waals surface area contributed by atoms with Gasteiger partial charge in [-0.05, 0) is 36.6 Å². The van der Waals surface area contributed by atoms with Crippen LogP contribution in [0.3, 0.4) is 0 Å². The Hall–Kier alpha value is -2.14. The van der Waals surface area contributed by atoms with Crippen LogP contribution >= 0.6 is 0 Å². The van der Waals surface area contributed by atoms with Gasteiger partial charge in [-0.2, -0.15) is 0 Å². The highest BCUT2D eigenvalue weighted by Crippen LogP contribution is 2.15. The third-order valence-electron chi connectivity index (χ3n) is 3.41. The minimum absolute atomic E-state index is 0.124. The number of sulfone groups is 1. The van der Waals surface area contributed by atoms with E-state index >= 15 is 0 Å². The fourth-order valence-electron chi connectivity index (χ4n) is 2.16. The van der Waals surface area contributed by atoms with E-state index in [0.717, 1.165) is 16.7 Å². The topological polar surface area (TPSA) is 63.2 Å². The third kappa shape index (κ3) is 4.43. The molecule has 0 bridgehead atoms. The number of anilines is 1. The number of rotatable bonds is 5. The third-order valence-corrected chi connectivity index (χ3v) is 4.86. The zero-order valence-electron chi connectivity index (χ0n) is 12.7. The molecule has 5 heteroatoms. The van der Waals surface area contributed by atoms with Gasteiger partial charge in [0.25, 0.3) is 0 Å². The summed E-state index contributed by atoms with van der Waals surface area (Å²) in [5, 5.41) is 2.65. The average molecular weight is 317 g/mol. The van der Waals surface area contributed by atoms with E-state index in [2.05, 4.69) is 5.32 Å². The zero-order chi connectivity index (χ0) is 16.2. The molecule has 116 valence electrons. The predicted octanol–water partition coefficient (Wildman–Crippen LogP) is 2.86. The molecule has 2 aromatic rings. The number of benzene rings is 2. The second-order valence-electron chi connectivity index (χ2n) is 5.32. The molecule has 0 unspecified atom stereocenters. The van der Waals surface area contributed by atoms with Crippen molar-refractivity contribution in [3.8, 4) is 0 Å². The summed E-state index contributed by atoms with van der Waals surface area (Å²) in [6, 6.07) is 14.6. The molecule has 22 heavy (non-hydrogen) atoms. The first-order valence-corrected chi connectivity index (χ1v) is 8.80. The van der Waals surface area contributed by atoms with Crippen molar-refractivity contribution < 1.29 is 13.2 Å². The number of hydrogen-bond donors (Lipinski definition) is 1. The molecule has 0 heterocycles. The fourth-order valence-corrected chi connectivity index (χ4v) is 3.53. The van der Waals surface area contributed by atoms with Crippen LogP contribution in [0.25, 0.3) is 0 Å². The van der Waals surface area contributed by atoms with Gasteiger partial charge in [0.15, 0.2) is 9.84 Å². The molecule has 0 radical (unpaired) electrons. The highest BCUT2D eigenvalue weighted by atomic mass is 32.2. The van der Waals surface area contributed by atoms with Crippen LogP contribution in [0, 0.1) is 13.8 Å². The minimum Gasteiger partial charge on any atom is -0.325 e. The van der Waals surface area contributed by atoms with Crippen molar-refractivity contribution in [1.29, 1.82) is 0 Å². The first-order chi connectivity index (χ1) is 10.4. The molecule has 0 spiro atoms. The molecule has 2 aromatic carbocycles. The smallest absolute Gasteiger partial charge is 0.239 e. The molecule has 0 atom stereocenters. The quantitative estimate of drug-likeness (QED) is 0.922. The normalized spacial score (nSPS) is 11.2. The monoisotopic (exact) mass is 317 g/mol. The van der Waals surface area contributed by atoms with E-state index in [0.29, 0.717) is 5.69 Å². The van der Waals surface area contributed by atoms with Crippen molar-refractivity contribution in [1.82, 2.24) is 0 Å². The van der Waals surface area contributed by atoms with Crippen molar-refractivity contribution in [2.45, 2.75) is 19.6 Å². The molecule has 4 nitrogen and oxygen atoms in total. The van der Waals surface area contributed by atoms with Crippen LogP contribution in [0.2, 0.25) is 0 Å². The number of aryl methyl sites for hydroxylation is 2. The summed E-state index contributed by atoms with van der Waals surface area (Å²) in [7, 11) is -3.50. The Bertz CT molecular complexity index is 782. The van der Waals surface area contributed by atoms with Gasteiger partial charge in [0.2, 0.25) is 5.91 Å². The fraction of sp³-hybridized carbons (Fsp3) is 0.235. The van der Waals surface area contributed by atoms with Crippen LogP contribution in [-0.4, -0.2) is 20.1 Å². The average Bonchev–Trinajstić information content (AvgIpc) is 2.43. The zero-order valence-corrected chi connectivity index (χ0v) is 13.5. The van der Waals surface area contributed by atoms with Crippen LogP contribution in [0.5, 0.6) is 0 Å². The molecule has 0 aromatic heterocycles. The maximum absolute atomic E-state index is 12.2. The first-order valence-electron chi connectivity index (χ1n) is 6.98. The van der Waals surface area contributed by atoms with E-state index in [1.807, 2.05) is 38.1 Å². The van der Waals surface area contributed by atoms with Gasteiger partial charge < -0.3 is 5.32 Å². The second-order valence-corrected chi connectivity index (χ2v) is 7.39. The van der Waals surface area contributed by atoms with E-state index in [4.69, 9.17) is 0 Å². The van der Waals surface area contributed by atoms with Crippen molar-refractivity contribution in [3.05, 3.63) is 65.2 Å². The van der Waals surface area contributed by atoms with Gasteiger partial charge in [0, 0.05) is 5.69 Å². The number of carbonyl (C=O) groups excluding carboxylic acids is 1. The lowest BCUT2D eigenvalue weighted by molar-refractivity contribution is -0.113. The molecule has 0 aliphatic carbocycles. The Labute approximate surface area is 131 Å². The Morgan fingerprint density at radius 3 is 2.18 bits per heavy atom. The maximum atomic E-state index is 12.2. The summed E-state index contributed by atoms with van der Waals surface area (Å²) >= 11 is 0. The largest absolute Gasteiger partial charge is 0.325 e. The lowest BCUT2D eigenvalue weighted by atomic mass is 10.1. The van der Waals surface area contributed by atoms with Crippen LogP contribution in [0.4, 0.5) is 5.69 Å². The predicted molar refractivity (Wildman–Crippen MR) is 88.5 cm³/mol. The Morgan fingerprint density at radius 2 is 1.55 bits per heavy atom. The summed E-state index contributed by atoms with van der Waals surface area (Å²) in [5.74, 6) is -1.15. The summed E-state index contributed by atoms with van der Waals surface area (Å²) in [5.41, 5.74) is 3.17. The molecule has 1 N–H and O–H groups in total. The standard InChI is InChI=1S/C17H19NO3S/c1-13-7-3-5-9-15(13)11-22(20,21)12-17(19)18-16-10-6-4-8-14(16)2/h3-10H,11-12H2,1-2H3,(H,18,19). The van der Waals surface area contributed by atoms with Gasteiger partial charge in [0.05, 0.1) is 5.75 Å². The van der Waals surface area contributed by atoms with Gasteiger partial charge >= 0.3 is 0 Å². The molecule has 1 amide bonds. The van der Waals surface area contributed by atoms with Crippen molar-refractivity contribution in [2.75, 3.05) is 11.1 Å². The number of amides is 1. The highest BCUT2D eigenvalue weighted by Gasteiger charge is 2.18. The van der Waals surface area contributed by atoms with E-state index < -0.39 is 21.5 Å². The van der Waals surface area contributed by atoms with Gasteiger partial charge in [-0.15, -0.1) is 0 Å².